The number of nitrogens with two attached hydrogens (primary N) is 1. The van der Waals surface area contributed by atoms with E-state index in [0.29, 0.717) is 4.47 Å². The number of thioether (sulfide) groups is 1. The summed E-state index contributed by atoms with van der Waals surface area (Å²) in [7, 11) is 0. The molecule has 3 rings (SSSR count). The Balaban J connectivity index is 2.16. The second-order valence-electron chi connectivity index (χ2n) is 4.91. The van der Waals surface area contributed by atoms with E-state index in [4.69, 9.17) is 5.73 Å². The third kappa shape index (κ3) is 1.81. The largest absolute Gasteiger partial charge is 0.379 e. The molecule has 2 nitrogen and oxygen atoms in total. The van der Waals surface area contributed by atoms with Crippen LogP contribution in [0.1, 0.15) is 12.5 Å². The topological polar surface area (TPSA) is 38.4 Å². The lowest BCUT2D eigenvalue weighted by atomic mass is 9.87. The minimum absolute atomic E-state index is 0.0836. The summed E-state index contributed by atoms with van der Waals surface area (Å²) in [6.07, 6.45) is 0. The maximum absolute atomic E-state index is 14.0. The van der Waals surface area contributed by atoms with Gasteiger partial charge < -0.3 is 5.73 Å². The van der Waals surface area contributed by atoms with Crippen LogP contribution in [-0.4, -0.2) is 16.3 Å². The zero-order chi connectivity index (χ0) is 14.0. The van der Waals surface area contributed by atoms with E-state index < -0.39 is 28.4 Å². The van der Waals surface area contributed by atoms with Crippen LogP contribution in [0.4, 0.5) is 13.2 Å². The molecular formula is C12H10BrF3N2S. The molecule has 1 heterocycles. The first-order valence-corrected chi connectivity index (χ1v) is 7.29. The highest BCUT2D eigenvalue weighted by Gasteiger charge is 2.77. The lowest BCUT2D eigenvalue weighted by Gasteiger charge is -2.29. The summed E-state index contributed by atoms with van der Waals surface area (Å²) in [5.41, 5.74) is 4.45. The van der Waals surface area contributed by atoms with Crippen LogP contribution in [0.25, 0.3) is 0 Å². The van der Waals surface area contributed by atoms with Crippen LogP contribution < -0.4 is 5.73 Å². The molecule has 1 aliphatic heterocycles. The molecule has 0 aromatic heterocycles. The molecule has 0 bridgehead atoms. The molecule has 0 saturated heterocycles. The first kappa shape index (κ1) is 13.3. The number of benzene rings is 1. The van der Waals surface area contributed by atoms with Crippen molar-refractivity contribution in [1.82, 2.24) is 0 Å². The number of amidine groups is 1. The van der Waals surface area contributed by atoms with Crippen LogP contribution in [0.3, 0.4) is 0 Å². The molecule has 2 aliphatic rings. The lowest BCUT2D eigenvalue weighted by molar-refractivity contribution is 0.0819. The first-order valence-electron chi connectivity index (χ1n) is 5.62. The normalized spacial score (nSPS) is 35.5. The Labute approximate surface area is 120 Å². The highest BCUT2D eigenvalue weighted by Crippen LogP contribution is 2.66. The molecule has 3 atom stereocenters. The van der Waals surface area contributed by atoms with Crippen molar-refractivity contribution >= 4 is 32.9 Å². The molecule has 1 aliphatic carbocycles. The van der Waals surface area contributed by atoms with Crippen molar-refractivity contribution in [3.8, 4) is 0 Å². The Morgan fingerprint density at radius 1 is 1.42 bits per heavy atom. The van der Waals surface area contributed by atoms with Crippen molar-refractivity contribution in [3.05, 3.63) is 34.1 Å². The summed E-state index contributed by atoms with van der Waals surface area (Å²) in [5, 5.41) is -0.825. The van der Waals surface area contributed by atoms with E-state index in [1.807, 2.05) is 0 Å². The summed E-state index contributed by atoms with van der Waals surface area (Å²) < 4.78 is 42.2. The Bertz CT molecular complexity index is 592. The molecule has 1 unspecified atom stereocenters. The molecule has 1 aromatic carbocycles. The molecule has 1 saturated carbocycles. The number of halogens is 4. The van der Waals surface area contributed by atoms with Crippen molar-refractivity contribution in [2.24, 2.45) is 16.6 Å². The van der Waals surface area contributed by atoms with Gasteiger partial charge in [0, 0.05) is 10.0 Å². The van der Waals surface area contributed by atoms with Crippen LogP contribution in [0, 0.1) is 11.7 Å². The smallest absolute Gasteiger partial charge is 0.267 e. The van der Waals surface area contributed by atoms with Crippen molar-refractivity contribution < 1.29 is 13.2 Å². The van der Waals surface area contributed by atoms with E-state index in [-0.39, 0.29) is 10.7 Å². The van der Waals surface area contributed by atoms with Crippen LogP contribution in [-0.2, 0) is 5.54 Å². The molecule has 1 aromatic rings. The van der Waals surface area contributed by atoms with E-state index in [9.17, 15) is 13.2 Å². The summed E-state index contributed by atoms with van der Waals surface area (Å²) in [4.78, 5) is 4.12. The number of aliphatic imine (C=N–C) groups is 1. The second-order valence-corrected chi connectivity index (χ2v) is 6.99. The molecule has 0 amide bonds. The van der Waals surface area contributed by atoms with Crippen molar-refractivity contribution in [2.75, 3.05) is 0 Å². The van der Waals surface area contributed by atoms with Gasteiger partial charge in [0.15, 0.2) is 5.17 Å². The van der Waals surface area contributed by atoms with Gasteiger partial charge in [-0.3, -0.25) is 4.99 Å². The third-order valence-corrected chi connectivity index (χ3v) is 5.32. The number of hydrogen-bond donors (Lipinski definition) is 1. The maximum atomic E-state index is 14.0. The fraction of sp³-hybridized carbons (Fsp3) is 0.417. The average Bonchev–Trinajstić information content (AvgIpc) is 2.85. The van der Waals surface area contributed by atoms with Gasteiger partial charge in [-0.2, -0.15) is 0 Å². The van der Waals surface area contributed by atoms with E-state index >= 15 is 0 Å². The number of alkyl halides is 2. The average molecular weight is 351 g/mol. The molecule has 19 heavy (non-hydrogen) atoms. The van der Waals surface area contributed by atoms with E-state index in [1.165, 1.54) is 25.1 Å². The predicted octanol–water partition coefficient (Wildman–Crippen LogP) is 3.50. The quantitative estimate of drug-likeness (QED) is 0.841. The van der Waals surface area contributed by atoms with Crippen molar-refractivity contribution in [1.29, 1.82) is 0 Å². The lowest BCUT2D eigenvalue weighted by Crippen LogP contribution is -2.32. The van der Waals surface area contributed by atoms with E-state index in [2.05, 4.69) is 20.9 Å². The number of rotatable bonds is 1. The minimum atomic E-state index is -2.86. The minimum Gasteiger partial charge on any atom is -0.379 e. The van der Waals surface area contributed by atoms with Gasteiger partial charge in [0.05, 0.1) is 16.7 Å². The van der Waals surface area contributed by atoms with E-state index in [1.54, 1.807) is 0 Å². The molecule has 2 N–H and O–H groups in total. The highest BCUT2D eigenvalue weighted by molar-refractivity contribution is 9.10. The SMILES string of the molecule is C[C@]1(c2cc(Br)ccc2F)N=C(N)S[C@@H]2C1C2(F)F. The van der Waals surface area contributed by atoms with Gasteiger partial charge in [-0.25, -0.2) is 13.2 Å². The van der Waals surface area contributed by atoms with Crippen LogP contribution in [0.2, 0.25) is 0 Å². The van der Waals surface area contributed by atoms with E-state index in [0.717, 1.165) is 11.8 Å². The third-order valence-electron chi connectivity index (χ3n) is 3.66. The van der Waals surface area contributed by atoms with Crippen LogP contribution in [0.15, 0.2) is 27.7 Å². The fourth-order valence-corrected chi connectivity index (χ4v) is 4.35. The van der Waals surface area contributed by atoms with Crippen molar-refractivity contribution in [2.45, 2.75) is 23.6 Å². The highest BCUT2D eigenvalue weighted by atomic mass is 79.9. The number of hydrogen-bond acceptors (Lipinski definition) is 3. The van der Waals surface area contributed by atoms with Gasteiger partial charge in [0.2, 0.25) is 0 Å². The predicted molar refractivity (Wildman–Crippen MR) is 72.9 cm³/mol. The van der Waals surface area contributed by atoms with Gasteiger partial charge in [-0.1, -0.05) is 27.7 Å². The summed E-state index contributed by atoms with van der Waals surface area (Å²) >= 11 is 4.10. The Morgan fingerprint density at radius 2 is 2.11 bits per heavy atom. The molecule has 7 heteroatoms. The monoisotopic (exact) mass is 350 g/mol. The maximum Gasteiger partial charge on any atom is 0.267 e. The summed E-state index contributed by atoms with van der Waals surface area (Å²) in [6, 6.07) is 4.26. The number of fused-ring (bicyclic) bond motifs is 1. The Kier molecular flexibility index (Phi) is 2.74. The summed E-state index contributed by atoms with van der Waals surface area (Å²) in [5.74, 6) is -4.42. The van der Waals surface area contributed by atoms with Crippen LogP contribution in [0.5, 0.6) is 0 Å². The molecule has 102 valence electrons. The van der Waals surface area contributed by atoms with Gasteiger partial charge in [0.25, 0.3) is 5.92 Å². The van der Waals surface area contributed by atoms with Crippen LogP contribution >= 0.6 is 27.7 Å². The second kappa shape index (κ2) is 3.91. The molecular weight excluding hydrogens is 341 g/mol. The van der Waals surface area contributed by atoms with Crippen molar-refractivity contribution in [3.63, 3.8) is 0 Å². The Morgan fingerprint density at radius 3 is 2.79 bits per heavy atom. The molecule has 0 radical (unpaired) electrons. The van der Waals surface area contributed by atoms with Gasteiger partial charge >= 0.3 is 0 Å². The number of nitrogens with zero attached hydrogens (tertiary/aromatic N) is 1. The molecule has 0 spiro atoms. The Hall–Kier alpha value is -0.690. The first-order chi connectivity index (χ1) is 8.76. The van der Waals surface area contributed by atoms with Gasteiger partial charge in [0.1, 0.15) is 5.82 Å². The zero-order valence-corrected chi connectivity index (χ0v) is 12.2. The van der Waals surface area contributed by atoms with Gasteiger partial charge in [-0.05, 0) is 25.1 Å². The standard InChI is InChI=1S/C12H10BrF3N2S/c1-11(6-4-5(13)2-3-7(6)14)8-9(12(8,15)16)19-10(17)18-11/h2-4,8-9H,1H3,(H2,17,18)/t8?,9-,11-/m1/s1. The zero-order valence-electron chi connectivity index (χ0n) is 9.83. The fourth-order valence-electron chi connectivity index (χ4n) is 2.68. The summed E-state index contributed by atoms with van der Waals surface area (Å²) in [6.45, 7) is 1.52. The van der Waals surface area contributed by atoms with Gasteiger partial charge in [-0.15, -0.1) is 0 Å². The molecule has 1 fully saturated rings.